The largest absolute Gasteiger partial charge is 0.418 e. The van der Waals surface area contributed by atoms with E-state index in [4.69, 9.17) is 5.73 Å². The van der Waals surface area contributed by atoms with Gasteiger partial charge in [0.1, 0.15) is 11.2 Å². The number of aromatic nitrogens is 3. The highest BCUT2D eigenvalue weighted by Gasteiger charge is 2.33. The fraction of sp³-hybridized carbons (Fsp3) is 0.350. The maximum Gasteiger partial charge on any atom is 0.418 e. The molecule has 0 atom stereocenters. The number of hydrogen-bond acceptors (Lipinski definition) is 5. The first-order valence-corrected chi connectivity index (χ1v) is 9.44. The number of nitrogens with zero attached hydrogens (tertiary/aromatic N) is 2. The second-order valence-electron chi connectivity index (χ2n) is 6.79. The van der Waals surface area contributed by atoms with Crippen LogP contribution in [0.5, 0.6) is 0 Å². The molecule has 0 bridgehead atoms. The molecule has 2 aromatic heterocycles. The highest BCUT2D eigenvalue weighted by atomic mass is 19.4. The first-order chi connectivity index (χ1) is 13.9. The maximum absolute atomic E-state index is 13.1. The number of benzene rings is 1. The zero-order chi connectivity index (χ0) is 20.9. The van der Waals surface area contributed by atoms with Crippen LogP contribution in [0.25, 0.3) is 10.9 Å². The Morgan fingerprint density at radius 3 is 2.21 bits per heavy atom. The second-order valence-corrected chi connectivity index (χ2v) is 6.79. The molecule has 1 aromatic carbocycles. The molecule has 4 rings (SSSR count). The molecule has 0 saturated heterocycles. The van der Waals surface area contributed by atoms with E-state index in [-0.39, 0.29) is 28.4 Å². The molecule has 154 valence electrons. The third kappa shape index (κ3) is 5.24. The topological polar surface area (TPSA) is 96.7 Å². The van der Waals surface area contributed by atoms with Crippen molar-refractivity contribution in [3.8, 4) is 0 Å². The number of pyridine rings is 1. The number of alkyl halides is 3. The Balaban J connectivity index is 0.000000343. The minimum absolute atomic E-state index is 0.0266. The summed E-state index contributed by atoms with van der Waals surface area (Å²) in [6.07, 6.45) is 5.81. The first-order valence-electron chi connectivity index (χ1n) is 9.44. The van der Waals surface area contributed by atoms with E-state index in [1.165, 1.54) is 69.0 Å². The molecule has 0 unspecified atom stereocenters. The lowest BCUT2D eigenvalue weighted by atomic mass is 10.0. The molecule has 29 heavy (non-hydrogen) atoms. The van der Waals surface area contributed by atoms with Gasteiger partial charge in [0.2, 0.25) is 5.95 Å². The van der Waals surface area contributed by atoms with Gasteiger partial charge in [-0.1, -0.05) is 50.7 Å². The number of anilines is 3. The minimum atomic E-state index is -4.55. The molecule has 0 radical (unpaired) electrons. The normalized spacial score (nSPS) is 14.2. The number of aromatic amines is 1. The number of H-pyrrole nitrogens is 1. The number of nitrogens with two attached hydrogens (primary N) is 1. The van der Waals surface area contributed by atoms with Crippen LogP contribution in [0.3, 0.4) is 0 Å². The quantitative estimate of drug-likeness (QED) is 0.557. The van der Waals surface area contributed by atoms with Gasteiger partial charge >= 0.3 is 6.18 Å². The highest BCUT2D eigenvalue weighted by molar-refractivity contribution is 5.91. The van der Waals surface area contributed by atoms with Crippen LogP contribution in [0.2, 0.25) is 0 Å². The van der Waals surface area contributed by atoms with Crippen molar-refractivity contribution in [3.05, 3.63) is 52.4 Å². The lowest BCUT2D eigenvalue weighted by Crippen LogP contribution is -2.13. The Labute approximate surface area is 165 Å². The Morgan fingerprint density at radius 1 is 0.966 bits per heavy atom. The van der Waals surface area contributed by atoms with Crippen molar-refractivity contribution in [2.75, 3.05) is 11.1 Å². The molecule has 1 saturated carbocycles. The molecule has 9 heteroatoms. The van der Waals surface area contributed by atoms with Gasteiger partial charge in [-0.05, 0) is 18.2 Å². The molecule has 1 aliphatic rings. The number of nitrogen functional groups attached to an aromatic ring is 1. The summed E-state index contributed by atoms with van der Waals surface area (Å²) in [6, 6.07) is 6.36. The molecule has 4 N–H and O–H groups in total. The van der Waals surface area contributed by atoms with Crippen LogP contribution in [0.4, 0.5) is 30.6 Å². The van der Waals surface area contributed by atoms with Crippen LogP contribution in [-0.2, 0) is 6.18 Å². The average molecular weight is 405 g/mol. The molecule has 1 aliphatic carbocycles. The predicted molar refractivity (Wildman–Crippen MR) is 107 cm³/mol. The molecule has 0 amide bonds. The lowest BCUT2D eigenvalue weighted by Gasteiger charge is -2.14. The van der Waals surface area contributed by atoms with Gasteiger partial charge in [-0.15, -0.1) is 0 Å². The van der Waals surface area contributed by atoms with Gasteiger partial charge in [-0.25, -0.2) is 4.98 Å². The minimum Gasteiger partial charge on any atom is -0.368 e. The predicted octanol–water partition coefficient (Wildman–Crippen LogP) is 5.00. The van der Waals surface area contributed by atoms with Gasteiger partial charge in [0.05, 0.1) is 16.8 Å². The van der Waals surface area contributed by atoms with Crippen LogP contribution in [0.15, 0.2) is 41.3 Å². The molecule has 0 aliphatic heterocycles. The first kappa shape index (κ1) is 20.6. The summed E-state index contributed by atoms with van der Waals surface area (Å²) in [5.74, 6) is -0.249. The third-order valence-electron chi connectivity index (χ3n) is 4.62. The smallest absolute Gasteiger partial charge is 0.368 e. The van der Waals surface area contributed by atoms with Gasteiger partial charge < -0.3 is 16.0 Å². The summed E-state index contributed by atoms with van der Waals surface area (Å²) >= 11 is 0. The molecule has 2 heterocycles. The van der Waals surface area contributed by atoms with Crippen molar-refractivity contribution in [2.24, 2.45) is 0 Å². The standard InChI is InChI=1S/C14H10F3N5O.C6H12/c15-14(16,17)7-3-1-2-4-8(7)20-11-10-9(21-13(18)22-11)5-6-19-12(10)23;1-2-4-6-5-3-1/h1-6H,(H,19,23)(H3,18,20,21,22);1-6H2. The van der Waals surface area contributed by atoms with Crippen LogP contribution < -0.4 is 16.6 Å². The van der Waals surface area contributed by atoms with Gasteiger partial charge in [-0.2, -0.15) is 18.2 Å². The summed E-state index contributed by atoms with van der Waals surface area (Å²) in [5.41, 5.74) is 4.14. The summed E-state index contributed by atoms with van der Waals surface area (Å²) in [6.45, 7) is 0. The third-order valence-corrected chi connectivity index (χ3v) is 4.62. The summed E-state index contributed by atoms with van der Waals surface area (Å²) in [7, 11) is 0. The van der Waals surface area contributed by atoms with E-state index in [0.29, 0.717) is 0 Å². The SMILES string of the molecule is C1CCCCC1.Nc1nc(Nc2ccccc2C(F)(F)F)c2c(=O)[nH]ccc2n1. The van der Waals surface area contributed by atoms with Crippen LogP contribution >= 0.6 is 0 Å². The van der Waals surface area contributed by atoms with Gasteiger partial charge in [0.15, 0.2) is 0 Å². The monoisotopic (exact) mass is 405 g/mol. The molecule has 6 nitrogen and oxygen atoms in total. The number of rotatable bonds is 2. The lowest BCUT2D eigenvalue weighted by molar-refractivity contribution is -0.136. The van der Waals surface area contributed by atoms with Crippen molar-refractivity contribution in [1.29, 1.82) is 0 Å². The van der Waals surface area contributed by atoms with Gasteiger partial charge in [-0.3, -0.25) is 4.79 Å². The van der Waals surface area contributed by atoms with Crippen molar-refractivity contribution >= 4 is 28.4 Å². The summed E-state index contributed by atoms with van der Waals surface area (Å²) in [4.78, 5) is 22.1. The number of nitrogens with one attached hydrogen (secondary N) is 2. The molecular weight excluding hydrogens is 383 g/mol. The number of fused-ring (bicyclic) bond motifs is 1. The van der Waals surface area contributed by atoms with E-state index in [0.717, 1.165) is 6.07 Å². The molecule has 1 fully saturated rings. The van der Waals surface area contributed by atoms with Crippen LogP contribution in [0.1, 0.15) is 44.1 Å². The van der Waals surface area contributed by atoms with Crippen molar-refractivity contribution < 1.29 is 13.2 Å². The van der Waals surface area contributed by atoms with Crippen molar-refractivity contribution in [2.45, 2.75) is 44.7 Å². The van der Waals surface area contributed by atoms with E-state index in [1.54, 1.807) is 0 Å². The van der Waals surface area contributed by atoms with Crippen molar-refractivity contribution in [3.63, 3.8) is 0 Å². The molecule has 3 aromatic rings. The fourth-order valence-electron chi connectivity index (χ4n) is 3.23. The number of para-hydroxylation sites is 1. The van der Waals surface area contributed by atoms with E-state index in [2.05, 4.69) is 20.3 Å². The highest BCUT2D eigenvalue weighted by Crippen LogP contribution is 2.36. The second kappa shape index (κ2) is 8.93. The Kier molecular flexibility index (Phi) is 6.36. The van der Waals surface area contributed by atoms with E-state index < -0.39 is 17.3 Å². The summed E-state index contributed by atoms with van der Waals surface area (Å²) < 4.78 is 39.2. The Bertz CT molecular complexity index is 1020. The zero-order valence-electron chi connectivity index (χ0n) is 15.7. The Morgan fingerprint density at radius 2 is 1.59 bits per heavy atom. The van der Waals surface area contributed by atoms with Gasteiger partial charge in [0.25, 0.3) is 5.56 Å². The maximum atomic E-state index is 13.1. The van der Waals surface area contributed by atoms with Crippen molar-refractivity contribution in [1.82, 2.24) is 15.0 Å². The van der Waals surface area contributed by atoms with E-state index >= 15 is 0 Å². The molecular formula is C20H22F3N5O. The van der Waals surface area contributed by atoms with Crippen LogP contribution in [-0.4, -0.2) is 15.0 Å². The zero-order valence-corrected chi connectivity index (χ0v) is 15.7. The number of halogens is 3. The van der Waals surface area contributed by atoms with E-state index in [1.807, 2.05) is 0 Å². The number of hydrogen-bond donors (Lipinski definition) is 3. The van der Waals surface area contributed by atoms with Crippen LogP contribution in [0, 0.1) is 0 Å². The fourth-order valence-corrected chi connectivity index (χ4v) is 3.23. The van der Waals surface area contributed by atoms with E-state index in [9.17, 15) is 18.0 Å². The average Bonchev–Trinajstić information content (AvgIpc) is 2.69. The summed E-state index contributed by atoms with van der Waals surface area (Å²) in [5, 5.41) is 2.56. The van der Waals surface area contributed by atoms with Gasteiger partial charge in [0, 0.05) is 6.20 Å². The molecule has 0 spiro atoms. The Hall–Kier alpha value is -3.10.